The molecule has 0 amide bonds. The summed E-state index contributed by atoms with van der Waals surface area (Å²) in [5, 5.41) is 0. The zero-order valence-corrected chi connectivity index (χ0v) is 88.0. The first kappa shape index (κ1) is 238. The Bertz CT molecular complexity index is 26.0. The van der Waals surface area contributed by atoms with Crippen molar-refractivity contribution in [1.82, 2.24) is 0 Å². The van der Waals surface area contributed by atoms with Gasteiger partial charge in [0.2, 0.25) is 0 Å². The molecule has 0 unspecified atom stereocenters. The smallest absolute Gasteiger partial charge is 0 e. The van der Waals surface area contributed by atoms with Crippen LogP contribution < -0.4 is 0 Å². The van der Waals surface area contributed by atoms with E-state index in [1.807, 2.05) is 27.7 Å². The van der Waals surface area contributed by atoms with Gasteiger partial charge in [0.05, 0.1) is 0 Å². The first-order valence-corrected chi connectivity index (χ1v) is 2.00. The van der Waals surface area contributed by atoms with Gasteiger partial charge in [-0.25, -0.2) is 0 Å². The standard InChI is InChI=1S/2C2H6.2CH4.2CH3.24Y/c2*1-2;;;;;;;;;;;;;;;;;;;;;;;;;;;;/h2*1-2H3;2*1H4;2*1H3;;;;;;;;;;;;;;;;;;;;;;;;/q;;;;2*-1;;;;;;;;;;;;;;;;;;;;;;;;. The molecule has 0 aromatic rings. The summed E-state index contributed by atoms with van der Waals surface area (Å²) in [5.41, 5.74) is 0. The maximum Gasteiger partial charge on any atom is 0 e. The largest absolute Gasteiger partial charge is 0.358 e. The van der Waals surface area contributed by atoms with Gasteiger partial charge >= 0.3 is 0 Å². The molecule has 0 N–H and O–H groups in total. The van der Waals surface area contributed by atoms with E-state index in [4.69, 9.17) is 0 Å². The number of hydrogen-bond acceptors (Lipinski definition) is 0. The van der Waals surface area contributed by atoms with E-state index >= 15 is 0 Å². The third-order valence-electron chi connectivity index (χ3n) is 0. The Morgan fingerprint density at radius 3 is 0.156 bits per heavy atom. The average Bonchev–Trinajstić information content (AvgIpc) is 1.50. The normalized spacial score (nSPS) is 0.375. The van der Waals surface area contributed by atoms with Gasteiger partial charge in [0.15, 0.2) is 0 Å². The molecular formula is C8H26Y24-2. The monoisotopic (exact) mass is 2260 g/mol. The molecule has 0 nitrogen and oxygen atoms in total. The predicted molar refractivity (Wildman–Crippen MR) is 49.0 cm³/mol. The second-order valence-corrected chi connectivity index (χ2v) is 0. The fraction of sp³-hybridized carbons (Fsp3) is 0.750. The van der Waals surface area contributed by atoms with Gasteiger partial charge in [-0.3, -0.25) is 0 Å². The molecule has 24 radical (unpaired) electrons. The van der Waals surface area contributed by atoms with Crippen molar-refractivity contribution in [1.29, 1.82) is 0 Å². The van der Waals surface area contributed by atoms with Crippen LogP contribution in [-0.4, -0.2) is 0 Å². The molecule has 0 aromatic heterocycles. The molecule has 0 saturated carbocycles. The van der Waals surface area contributed by atoms with Crippen LogP contribution in [0.5, 0.6) is 0 Å². The van der Waals surface area contributed by atoms with Crippen LogP contribution in [0.4, 0.5) is 0 Å². The Balaban J connectivity index is -0.0000000000476. The third-order valence-corrected chi connectivity index (χ3v) is 0. The van der Waals surface area contributed by atoms with Crippen molar-refractivity contribution in [2.24, 2.45) is 0 Å². The Morgan fingerprint density at radius 2 is 0.156 bits per heavy atom. The average molecular weight is 2260 g/mol. The summed E-state index contributed by atoms with van der Waals surface area (Å²) in [6, 6.07) is 0. The number of hydrogen-bond donors (Lipinski definition) is 0. The van der Waals surface area contributed by atoms with E-state index in [1.54, 1.807) is 0 Å². The summed E-state index contributed by atoms with van der Waals surface area (Å²) in [6.07, 6.45) is 0. The van der Waals surface area contributed by atoms with Crippen molar-refractivity contribution in [2.75, 3.05) is 0 Å². The molecule has 0 fully saturated rings. The molecule has 0 bridgehead atoms. The van der Waals surface area contributed by atoms with Gasteiger partial charge < -0.3 is 14.9 Å². The van der Waals surface area contributed by atoms with E-state index in [1.165, 1.54) is 0 Å². The fourth-order valence-electron chi connectivity index (χ4n) is 0. The first-order chi connectivity index (χ1) is 2.00. The van der Waals surface area contributed by atoms with Crippen LogP contribution in [0.15, 0.2) is 0 Å². The maximum atomic E-state index is 2.00. The van der Waals surface area contributed by atoms with Gasteiger partial charge in [-0.05, 0) is 0 Å². The zero-order valence-electron chi connectivity index (χ0n) is 19.9. The Kier molecular flexibility index (Phi) is 1950. The second-order valence-electron chi connectivity index (χ2n) is 0. The minimum atomic E-state index is 0. The molecular weight excluding hydrogens is 2230 g/mol. The van der Waals surface area contributed by atoms with Gasteiger partial charge in [0.1, 0.15) is 0 Å². The predicted octanol–water partition coefficient (Wildman–Crippen LogP) is 4.17. The summed E-state index contributed by atoms with van der Waals surface area (Å²) in [4.78, 5) is 0. The van der Waals surface area contributed by atoms with Gasteiger partial charge in [-0.15, -0.1) is 0 Å². The molecule has 0 aliphatic carbocycles. The van der Waals surface area contributed by atoms with Gasteiger partial charge in [0, 0.05) is 785 Å². The first-order valence-electron chi connectivity index (χ1n) is 2.00. The van der Waals surface area contributed by atoms with Crippen molar-refractivity contribution in [3.8, 4) is 0 Å². The van der Waals surface area contributed by atoms with Crippen molar-refractivity contribution in [3.05, 3.63) is 14.9 Å². The molecule has 0 rings (SSSR count). The fourth-order valence-corrected chi connectivity index (χ4v) is 0. The van der Waals surface area contributed by atoms with E-state index in [9.17, 15) is 0 Å². The van der Waals surface area contributed by atoms with Crippen LogP contribution in [0.2, 0.25) is 0 Å². The van der Waals surface area contributed by atoms with Gasteiger partial charge in [-0.1, -0.05) is 42.5 Å². The van der Waals surface area contributed by atoms with E-state index in [0.717, 1.165) is 0 Å². The van der Waals surface area contributed by atoms with Crippen molar-refractivity contribution in [3.63, 3.8) is 0 Å². The summed E-state index contributed by atoms with van der Waals surface area (Å²) in [5.74, 6) is 0. The number of rotatable bonds is 0. The van der Waals surface area contributed by atoms with Crippen LogP contribution in [-0.2, 0) is 785 Å². The van der Waals surface area contributed by atoms with Crippen molar-refractivity contribution < 1.29 is 785 Å². The van der Waals surface area contributed by atoms with Gasteiger partial charge in [-0.2, -0.15) is 0 Å². The molecule has 0 aliphatic rings. The van der Waals surface area contributed by atoms with E-state index < -0.39 is 0 Å². The van der Waals surface area contributed by atoms with E-state index in [0.29, 0.717) is 0 Å². The molecule has 32 heavy (non-hydrogen) atoms. The third kappa shape index (κ3) is 248. The van der Waals surface area contributed by atoms with Crippen LogP contribution in [0.25, 0.3) is 0 Å². The van der Waals surface area contributed by atoms with Crippen molar-refractivity contribution >= 4 is 0 Å². The quantitative estimate of drug-likeness (QED) is 0.321. The van der Waals surface area contributed by atoms with Crippen LogP contribution in [0.3, 0.4) is 0 Å². The molecule has 0 aliphatic heterocycles. The molecule has 0 heterocycles. The van der Waals surface area contributed by atoms with Crippen LogP contribution >= 0.6 is 0 Å². The summed E-state index contributed by atoms with van der Waals surface area (Å²) < 4.78 is 0. The minimum Gasteiger partial charge on any atom is -0.358 e. The van der Waals surface area contributed by atoms with Crippen molar-refractivity contribution in [2.45, 2.75) is 42.5 Å². The summed E-state index contributed by atoms with van der Waals surface area (Å²) >= 11 is 0. The maximum absolute atomic E-state index is 2.00. The molecule has 0 spiro atoms. The topological polar surface area (TPSA) is 0 Å². The molecule has 132 valence electrons. The Labute approximate surface area is 812 Å². The Morgan fingerprint density at radius 1 is 0.156 bits per heavy atom. The summed E-state index contributed by atoms with van der Waals surface area (Å²) in [7, 11) is 0. The summed E-state index contributed by atoms with van der Waals surface area (Å²) in [6.45, 7) is 8.00. The molecule has 0 atom stereocenters. The second kappa shape index (κ2) is 261. The van der Waals surface area contributed by atoms with Crippen LogP contribution in [0.1, 0.15) is 42.5 Å². The molecule has 0 aromatic carbocycles. The zero-order chi connectivity index (χ0) is 4.00. The molecule has 0 saturated heterocycles. The van der Waals surface area contributed by atoms with Crippen LogP contribution in [0, 0.1) is 14.9 Å². The van der Waals surface area contributed by atoms with Gasteiger partial charge in [0.25, 0.3) is 0 Å². The molecule has 24 heteroatoms. The Hall–Kier alpha value is 26.5. The minimum absolute atomic E-state index is 0. The van der Waals surface area contributed by atoms with E-state index in [2.05, 4.69) is 0 Å². The SMILES string of the molecule is C.C.CC.CC.[CH3-].[CH3-].[Y].[Y].[Y].[Y].[Y].[Y].[Y].[Y].[Y].[Y].[Y].[Y].[Y].[Y].[Y].[Y].[Y].[Y].[Y].[Y].[Y].[Y].[Y].[Y]. The van der Waals surface area contributed by atoms with E-state index in [-0.39, 0.29) is 815 Å².